The first kappa shape index (κ1) is 14.0. The highest BCUT2D eigenvalue weighted by Crippen LogP contribution is 2.28. The summed E-state index contributed by atoms with van der Waals surface area (Å²) in [4.78, 5) is 12.8. The summed E-state index contributed by atoms with van der Waals surface area (Å²) in [5, 5.41) is 13.9. The van der Waals surface area contributed by atoms with Gasteiger partial charge in [-0.15, -0.1) is 0 Å². The maximum absolute atomic E-state index is 11.3. The van der Waals surface area contributed by atoms with E-state index in [-0.39, 0.29) is 10.6 Å². The van der Waals surface area contributed by atoms with Crippen LogP contribution < -0.4 is 5.32 Å². The summed E-state index contributed by atoms with van der Waals surface area (Å²) in [5.74, 6) is 1.37. The Hall–Kier alpha value is -1.47. The predicted molar refractivity (Wildman–Crippen MR) is 75.8 cm³/mol. The molecule has 1 aliphatic heterocycles. The van der Waals surface area contributed by atoms with Crippen LogP contribution in [0.25, 0.3) is 0 Å². The quantitative estimate of drug-likeness (QED) is 0.664. The van der Waals surface area contributed by atoms with Gasteiger partial charge < -0.3 is 5.32 Å². The maximum atomic E-state index is 11.3. The molecule has 0 saturated carbocycles. The summed E-state index contributed by atoms with van der Waals surface area (Å²) in [6.45, 7) is 2.20. The van der Waals surface area contributed by atoms with Gasteiger partial charge in [0.15, 0.2) is 0 Å². The molecule has 2 rings (SSSR count). The molecule has 0 bridgehead atoms. The minimum Gasteiger partial charge on any atom is -0.382 e. The predicted octanol–water partition coefficient (Wildman–Crippen LogP) is 1.20. The molecule has 0 unspecified atom stereocenters. The second kappa shape index (κ2) is 6.12. The van der Waals surface area contributed by atoms with Gasteiger partial charge in [0.05, 0.1) is 4.92 Å². The fourth-order valence-electron chi connectivity index (χ4n) is 2.23. The molecule has 0 atom stereocenters. The van der Waals surface area contributed by atoms with E-state index in [2.05, 4.69) is 10.2 Å². The van der Waals surface area contributed by atoms with E-state index in [0.717, 1.165) is 18.7 Å². The van der Waals surface area contributed by atoms with Gasteiger partial charge in [0.2, 0.25) is 0 Å². The van der Waals surface area contributed by atoms with Gasteiger partial charge in [-0.3, -0.25) is 19.2 Å². The van der Waals surface area contributed by atoms with Gasteiger partial charge in [-0.2, -0.15) is 0 Å². The van der Waals surface area contributed by atoms with Crippen molar-refractivity contribution in [3.05, 3.63) is 33.9 Å². The van der Waals surface area contributed by atoms with Crippen LogP contribution in [0.4, 0.5) is 11.4 Å². The van der Waals surface area contributed by atoms with E-state index in [1.807, 2.05) is 6.07 Å². The average molecular weight is 283 g/mol. The van der Waals surface area contributed by atoms with Crippen LogP contribution in [0.3, 0.4) is 0 Å². The first-order valence-corrected chi connectivity index (χ1v) is 7.62. The third kappa shape index (κ3) is 3.30. The standard InChI is InChI=1S/C12H17N3O3S/c1-13-12-10(3-2-4-11(12)15(16)17)9-14-5-7-19(18)8-6-14/h2-4,13H,5-9H2,1H3. The molecule has 7 heteroatoms. The second-order valence-corrected chi connectivity index (χ2v) is 6.14. The zero-order valence-electron chi connectivity index (χ0n) is 10.8. The monoisotopic (exact) mass is 283 g/mol. The molecule has 1 aliphatic rings. The van der Waals surface area contributed by atoms with E-state index < -0.39 is 10.8 Å². The normalized spacial score (nSPS) is 17.3. The number of rotatable bonds is 4. The highest BCUT2D eigenvalue weighted by Gasteiger charge is 2.20. The number of nitrogens with zero attached hydrogens (tertiary/aromatic N) is 2. The molecular formula is C12H17N3O3S. The topological polar surface area (TPSA) is 75.5 Å². The zero-order valence-corrected chi connectivity index (χ0v) is 11.6. The van der Waals surface area contributed by atoms with E-state index in [1.165, 1.54) is 6.07 Å². The van der Waals surface area contributed by atoms with Crippen LogP contribution in [0.1, 0.15) is 5.56 Å². The third-order valence-electron chi connectivity index (χ3n) is 3.24. The van der Waals surface area contributed by atoms with Crippen molar-refractivity contribution in [2.24, 2.45) is 0 Å². The number of hydrogen-bond acceptors (Lipinski definition) is 5. The lowest BCUT2D eigenvalue weighted by molar-refractivity contribution is -0.384. The van der Waals surface area contributed by atoms with Crippen molar-refractivity contribution in [3.8, 4) is 0 Å². The lowest BCUT2D eigenvalue weighted by Crippen LogP contribution is -2.37. The minimum absolute atomic E-state index is 0.0978. The SMILES string of the molecule is CNc1c(CN2CCS(=O)CC2)cccc1[N+](=O)[O-]. The Morgan fingerprint density at radius 3 is 2.68 bits per heavy atom. The average Bonchev–Trinajstić information content (AvgIpc) is 2.41. The first-order chi connectivity index (χ1) is 9.11. The molecule has 1 N–H and O–H groups in total. The van der Waals surface area contributed by atoms with Crippen molar-refractivity contribution < 1.29 is 9.13 Å². The molecule has 1 aromatic rings. The lowest BCUT2D eigenvalue weighted by atomic mass is 10.1. The molecule has 0 aliphatic carbocycles. The summed E-state index contributed by atoms with van der Waals surface area (Å²) in [7, 11) is 0.988. The van der Waals surface area contributed by atoms with Gasteiger partial charge in [0, 0.05) is 55.1 Å². The zero-order chi connectivity index (χ0) is 13.8. The highest BCUT2D eigenvalue weighted by molar-refractivity contribution is 7.85. The molecule has 0 spiro atoms. The number of anilines is 1. The van der Waals surface area contributed by atoms with Crippen LogP contribution in [-0.2, 0) is 17.3 Å². The Bertz CT molecular complexity index is 497. The molecule has 0 amide bonds. The Morgan fingerprint density at radius 2 is 2.11 bits per heavy atom. The first-order valence-electron chi connectivity index (χ1n) is 6.13. The molecule has 1 aromatic carbocycles. The summed E-state index contributed by atoms with van der Waals surface area (Å²) in [6.07, 6.45) is 0. The van der Waals surface area contributed by atoms with E-state index in [1.54, 1.807) is 13.1 Å². The third-order valence-corrected chi connectivity index (χ3v) is 4.52. The lowest BCUT2D eigenvalue weighted by Gasteiger charge is -2.26. The number of para-hydroxylation sites is 1. The fraction of sp³-hybridized carbons (Fsp3) is 0.500. The second-order valence-electron chi connectivity index (χ2n) is 4.44. The van der Waals surface area contributed by atoms with Crippen molar-refractivity contribution in [2.45, 2.75) is 6.54 Å². The summed E-state index contributed by atoms with van der Waals surface area (Å²) in [6, 6.07) is 5.10. The molecule has 1 fully saturated rings. The minimum atomic E-state index is -0.703. The Morgan fingerprint density at radius 1 is 1.42 bits per heavy atom. The Kier molecular flexibility index (Phi) is 4.49. The van der Waals surface area contributed by atoms with Gasteiger partial charge in [0.1, 0.15) is 5.69 Å². The molecule has 0 aromatic heterocycles. The van der Waals surface area contributed by atoms with Crippen LogP contribution in [0.5, 0.6) is 0 Å². The van der Waals surface area contributed by atoms with Crippen LogP contribution in [0.2, 0.25) is 0 Å². The molecule has 104 valence electrons. The summed E-state index contributed by atoms with van der Waals surface area (Å²) < 4.78 is 11.3. The molecule has 6 nitrogen and oxygen atoms in total. The van der Waals surface area contributed by atoms with Crippen molar-refractivity contribution >= 4 is 22.2 Å². The van der Waals surface area contributed by atoms with Gasteiger partial charge in [-0.05, 0) is 5.56 Å². The van der Waals surface area contributed by atoms with Crippen LogP contribution >= 0.6 is 0 Å². The van der Waals surface area contributed by atoms with Gasteiger partial charge >= 0.3 is 0 Å². The Balaban J connectivity index is 2.18. The molecule has 19 heavy (non-hydrogen) atoms. The van der Waals surface area contributed by atoms with Crippen LogP contribution in [-0.4, -0.2) is 45.7 Å². The molecule has 0 radical (unpaired) electrons. The van der Waals surface area contributed by atoms with E-state index in [9.17, 15) is 14.3 Å². The molecule has 1 heterocycles. The fourth-order valence-corrected chi connectivity index (χ4v) is 3.36. The highest BCUT2D eigenvalue weighted by atomic mass is 32.2. The molecule has 1 saturated heterocycles. The number of benzene rings is 1. The number of nitro groups is 1. The summed E-state index contributed by atoms with van der Waals surface area (Å²) >= 11 is 0. The van der Waals surface area contributed by atoms with E-state index in [4.69, 9.17) is 0 Å². The number of hydrogen-bond donors (Lipinski definition) is 1. The van der Waals surface area contributed by atoms with Gasteiger partial charge in [-0.1, -0.05) is 12.1 Å². The van der Waals surface area contributed by atoms with E-state index >= 15 is 0 Å². The van der Waals surface area contributed by atoms with Crippen LogP contribution in [0.15, 0.2) is 18.2 Å². The summed E-state index contributed by atoms with van der Waals surface area (Å²) in [5.41, 5.74) is 1.57. The van der Waals surface area contributed by atoms with Crippen molar-refractivity contribution in [1.82, 2.24) is 4.90 Å². The van der Waals surface area contributed by atoms with E-state index in [0.29, 0.717) is 23.7 Å². The number of nitro benzene ring substituents is 1. The number of nitrogens with one attached hydrogen (secondary N) is 1. The van der Waals surface area contributed by atoms with Crippen molar-refractivity contribution in [1.29, 1.82) is 0 Å². The van der Waals surface area contributed by atoms with Crippen molar-refractivity contribution in [3.63, 3.8) is 0 Å². The maximum Gasteiger partial charge on any atom is 0.292 e. The van der Waals surface area contributed by atoms with Gasteiger partial charge in [-0.25, -0.2) is 0 Å². The molecular weight excluding hydrogens is 266 g/mol. The Labute approximate surface area is 114 Å². The van der Waals surface area contributed by atoms with Gasteiger partial charge in [0.25, 0.3) is 5.69 Å². The van der Waals surface area contributed by atoms with Crippen molar-refractivity contribution in [2.75, 3.05) is 37.0 Å². The smallest absolute Gasteiger partial charge is 0.292 e. The van der Waals surface area contributed by atoms with Crippen LogP contribution in [0, 0.1) is 10.1 Å². The largest absolute Gasteiger partial charge is 0.382 e.